The fraction of sp³-hybridized carbons (Fsp3) is 0.333. The predicted molar refractivity (Wildman–Crippen MR) is 65.1 cm³/mol. The second-order valence-corrected chi connectivity index (χ2v) is 3.44. The van der Waals surface area contributed by atoms with Gasteiger partial charge in [0.1, 0.15) is 0 Å². The molecule has 1 N–H and O–H groups in total. The first-order chi connectivity index (χ1) is 8.22. The van der Waals surface area contributed by atoms with Crippen molar-refractivity contribution < 1.29 is 14.3 Å². The minimum Gasteiger partial charge on any atom is -0.465 e. The Labute approximate surface area is 100 Å². The van der Waals surface area contributed by atoms with Crippen LogP contribution in [0.15, 0.2) is 24.3 Å². The Hall–Kier alpha value is -1.88. The van der Waals surface area contributed by atoms with E-state index in [1.165, 1.54) is 7.11 Å². The van der Waals surface area contributed by atoms with Gasteiger partial charge in [0, 0.05) is 18.8 Å². The number of rotatable bonds is 6. The molecule has 0 radical (unpaired) electrons. The molecule has 1 rings (SSSR count). The van der Waals surface area contributed by atoms with Crippen LogP contribution in [-0.2, 0) is 9.53 Å². The summed E-state index contributed by atoms with van der Waals surface area (Å²) < 4.78 is 4.60. The van der Waals surface area contributed by atoms with Gasteiger partial charge in [-0.1, -0.05) is 0 Å². The van der Waals surface area contributed by atoms with Crippen LogP contribution in [0.3, 0.4) is 0 Å². The molecule has 0 saturated heterocycles. The SMILES string of the molecule is CNCCN(C=O)c1ccc(C(=O)OC)cc1. The number of hydrogen-bond acceptors (Lipinski definition) is 4. The molecule has 0 aromatic heterocycles. The molecule has 0 unspecified atom stereocenters. The molecule has 92 valence electrons. The van der Waals surface area contributed by atoms with E-state index in [0.717, 1.165) is 12.1 Å². The summed E-state index contributed by atoms with van der Waals surface area (Å²) in [4.78, 5) is 23.7. The van der Waals surface area contributed by atoms with Gasteiger partial charge in [-0.3, -0.25) is 4.79 Å². The lowest BCUT2D eigenvalue weighted by atomic mass is 10.2. The molecule has 0 bridgehead atoms. The van der Waals surface area contributed by atoms with Crippen LogP contribution in [0, 0.1) is 0 Å². The van der Waals surface area contributed by atoms with Crippen molar-refractivity contribution in [3.8, 4) is 0 Å². The first kappa shape index (κ1) is 13.2. The minimum absolute atomic E-state index is 0.385. The normalized spacial score (nSPS) is 9.76. The fourth-order valence-corrected chi connectivity index (χ4v) is 1.38. The second-order valence-electron chi connectivity index (χ2n) is 3.44. The first-order valence-corrected chi connectivity index (χ1v) is 5.28. The molecule has 0 fully saturated rings. The number of amides is 1. The van der Waals surface area contributed by atoms with E-state index in [0.29, 0.717) is 18.7 Å². The second kappa shape index (κ2) is 6.65. The highest BCUT2D eigenvalue weighted by Crippen LogP contribution is 2.14. The number of carbonyl (C=O) groups is 2. The van der Waals surface area contributed by atoms with E-state index < -0.39 is 0 Å². The number of carbonyl (C=O) groups excluding carboxylic acids is 2. The lowest BCUT2D eigenvalue weighted by Gasteiger charge is -2.17. The topological polar surface area (TPSA) is 58.6 Å². The molecular formula is C12H16N2O3. The zero-order valence-electron chi connectivity index (χ0n) is 9.97. The van der Waals surface area contributed by atoms with Gasteiger partial charge in [0.05, 0.1) is 12.7 Å². The summed E-state index contributed by atoms with van der Waals surface area (Å²) in [6.45, 7) is 1.29. The van der Waals surface area contributed by atoms with Crippen LogP contribution in [0.4, 0.5) is 5.69 Å². The number of methoxy groups -OCH3 is 1. The maximum atomic E-state index is 11.2. The number of benzene rings is 1. The van der Waals surface area contributed by atoms with E-state index in [1.807, 2.05) is 7.05 Å². The average Bonchev–Trinajstić information content (AvgIpc) is 2.39. The van der Waals surface area contributed by atoms with Crippen molar-refractivity contribution in [1.82, 2.24) is 5.32 Å². The highest BCUT2D eigenvalue weighted by Gasteiger charge is 2.07. The molecule has 5 heteroatoms. The van der Waals surface area contributed by atoms with Crippen LogP contribution < -0.4 is 10.2 Å². The smallest absolute Gasteiger partial charge is 0.337 e. The van der Waals surface area contributed by atoms with Crippen LogP contribution in [-0.4, -0.2) is 39.6 Å². The van der Waals surface area contributed by atoms with Gasteiger partial charge >= 0.3 is 5.97 Å². The lowest BCUT2D eigenvalue weighted by Crippen LogP contribution is -2.29. The molecule has 0 atom stereocenters. The number of anilines is 1. The van der Waals surface area contributed by atoms with Gasteiger partial charge in [0.25, 0.3) is 0 Å². The monoisotopic (exact) mass is 236 g/mol. The highest BCUT2D eigenvalue weighted by atomic mass is 16.5. The summed E-state index contributed by atoms with van der Waals surface area (Å²) in [7, 11) is 3.16. The average molecular weight is 236 g/mol. The van der Waals surface area contributed by atoms with E-state index in [1.54, 1.807) is 29.2 Å². The maximum absolute atomic E-state index is 11.2. The van der Waals surface area contributed by atoms with Crippen molar-refractivity contribution >= 4 is 18.1 Å². The zero-order chi connectivity index (χ0) is 12.7. The molecule has 0 saturated carbocycles. The Morgan fingerprint density at radius 3 is 2.53 bits per heavy atom. The van der Waals surface area contributed by atoms with Gasteiger partial charge in [-0.25, -0.2) is 4.79 Å². The van der Waals surface area contributed by atoms with E-state index in [9.17, 15) is 9.59 Å². The quantitative estimate of drug-likeness (QED) is 0.582. The Morgan fingerprint density at radius 2 is 2.06 bits per heavy atom. The van der Waals surface area contributed by atoms with Crippen LogP contribution in [0.2, 0.25) is 0 Å². The summed E-state index contributed by atoms with van der Waals surface area (Å²) in [5, 5.41) is 2.97. The van der Waals surface area contributed by atoms with Crippen LogP contribution >= 0.6 is 0 Å². The van der Waals surface area contributed by atoms with E-state index in [-0.39, 0.29) is 5.97 Å². The number of esters is 1. The Morgan fingerprint density at radius 1 is 1.41 bits per heavy atom. The summed E-state index contributed by atoms with van der Waals surface area (Å²) in [6.07, 6.45) is 0.768. The molecule has 1 aromatic carbocycles. The maximum Gasteiger partial charge on any atom is 0.337 e. The highest BCUT2D eigenvalue weighted by molar-refractivity contribution is 5.90. The zero-order valence-corrected chi connectivity index (χ0v) is 9.97. The van der Waals surface area contributed by atoms with Crippen LogP contribution in [0.5, 0.6) is 0 Å². The minimum atomic E-state index is -0.385. The Bertz CT molecular complexity index is 376. The van der Waals surface area contributed by atoms with Crippen LogP contribution in [0.25, 0.3) is 0 Å². The van der Waals surface area contributed by atoms with Crippen molar-refractivity contribution in [1.29, 1.82) is 0 Å². The third-order valence-corrected chi connectivity index (χ3v) is 2.35. The van der Waals surface area contributed by atoms with Crippen LogP contribution in [0.1, 0.15) is 10.4 Å². The molecule has 1 aromatic rings. The molecule has 0 heterocycles. The van der Waals surface area contributed by atoms with E-state index >= 15 is 0 Å². The van der Waals surface area contributed by atoms with E-state index in [4.69, 9.17) is 0 Å². The number of hydrogen-bond donors (Lipinski definition) is 1. The summed E-state index contributed by atoms with van der Waals surface area (Å²) >= 11 is 0. The molecule has 0 aliphatic heterocycles. The molecule has 5 nitrogen and oxygen atoms in total. The summed E-state index contributed by atoms with van der Waals surface area (Å²) in [5.41, 5.74) is 1.22. The van der Waals surface area contributed by atoms with Crippen molar-refractivity contribution in [3.63, 3.8) is 0 Å². The van der Waals surface area contributed by atoms with Crippen molar-refractivity contribution in [3.05, 3.63) is 29.8 Å². The predicted octanol–water partition coefficient (Wildman–Crippen LogP) is 0.655. The van der Waals surface area contributed by atoms with Gasteiger partial charge in [0.2, 0.25) is 6.41 Å². The van der Waals surface area contributed by atoms with E-state index in [2.05, 4.69) is 10.1 Å². The third kappa shape index (κ3) is 3.57. The summed E-state index contributed by atoms with van der Waals surface area (Å²) in [5.74, 6) is -0.385. The van der Waals surface area contributed by atoms with Gasteiger partial charge in [0.15, 0.2) is 0 Å². The van der Waals surface area contributed by atoms with Gasteiger partial charge in [-0.15, -0.1) is 0 Å². The Kier molecular flexibility index (Phi) is 5.16. The number of nitrogens with zero attached hydrogens (tertiary/aromatic N) is 1. The van der Waals surface area contributed by atoms with Gasteiger partial charge < -0.3 is 15.0 Å². The molecular weight excluding hydrogens is 220 g/mol. The van der Waals surface area contributed by atoms with Crippen molar-refractivity contribution in [2.24, 2.45) is 0 Å². The van der Waals surface area contributed by atoms with Crippen molar-refractivity contribution in [2.75, 3.05) is 32.1 Å². The number of nitrogens with one attached hydrogen (secondary N) is 1. The number of likely N-dealkylation sites (N-methyl/N-ethyl adjacent to an activating group) is 1. The third-order valence-electron chi connectivity index (χ3n) is 2.35. The molecule has 0 spiro atoms. The fourth-order valence-electron chi connectivity index (χ4n) is 1.38. The molecule has 0 aliphatic carbocycles. The lowest BCUT2D eigenvalue weighted by molar-refractivity contribution is -0.107. The standard InChI is InChI=1S/C12H16N2O3/c1-13-7-8-14(9-15)11-5-3-10(4-6-11)12(16)17-2/h3-6,9,13H,7-8H2,1-2H3. The van der Waals surface area contributed by atoms with Gasteiger partial charge in [-0.05, 0) is 31.3 Å². The van der Waals surface area contributed by atoms with Gasteiger partial charge in [-0.2, -0.15) is 0 Å². The molecule has 17 heavy (non-hydrogen) atoms. The molecule has 1 amide bonds. The summed E-state index contributed by atoms with van der Waals surface area (Å²) in [6, 6.07) is 6.71. The van der Waals surface area contributed by atoms with Crippen molar-refractivity contribution in [2.45, 2.75) is 0 Å². The number of ether oxygens (including phenoxy) is 1. The Balaban J connectivity index is 2.77. The largest absolute Gasteiger partial charge is 0.465 e. The first-order valence-electron chi connectivity index (χ1n) is 5.28. The molecule has 0 aliphatic rings.